The number of rotatable bonds is 5. The number of anilines is 3. The lowest BCUT2D eigenvalue weighted by Crippen LogP contribution is -2.09. The summed E-state index contributed by atoms with van der Waals surface area (Å²) in [6.07, 6.45) is 1.65. The van der Waals surface area contributed by atoms with Crippen molar-refractivity contribution in [2.24, 2.45) is 0 Å². The van der Waals surface area contributed by atoms with Crippen LogP contribution in [-0.4, -0.2) is 12.6 Å². The molecule has 3 aromatic carbocycles. The van der Waals surface area contributed by atoms with Gasteiger partial charge in [0.05, 0.1) is 0 Å². The quantitative estimate of drug-likeness (QED) is 0.545. The maximum absolute atomic E-state index is 10.9. The van der Waals surface area contributed by atoms with Gasteiger partial charge in [-0.25, -0.2) is 0 Å². The third-order valence-corrected chi connectivity index (χ3v) is 4.19. The second-order valence-electron chi connectivity index (χ2n) is 5.23. The fourth-order valence-electron chi connectivity index (χ4n) is 2.44. The maximum atomic E-state index is 10.9. The van der Waals surface area contributed by atoms with E-state index < -0.39 is 0 Å². The van der Waals surface area contributed by atoms with Crippen LogP contribution in [0.1, 0.15) is 20.7 Å². The van der Waals surface area contributed by atoms with Crippen molar-refractivity contribution in [3.63, 3.8) is 0 Å². The van der Waals surface area contributed by atoms with Gasteiger partial charge in [0.1, 0.15) is 12.6 Å². The van der Waals surface area contributed by atoms with Crippen LogP contribution >= 0.6 is 15.9 Å². The van der Waals surface area contributed by atoms with E-state index in [2.05, 4.69) is 20.8 Å². The molecular weight excluding hydrogens is 366 g/mol. The van der Waals surface area contributed by atoms with Crippen LogP contribution in [0.3, 0.4) is 0 Å². The Morgan fingerprint density at radius 3 is 1.25 bits per heavy atom. The molecule has 3 aromatic rings. The van der Waals surface area contributed by atoms with Crippen molar-refractivity contribution in [2.45, 2.75) is 0 Å². The van der Waals surface area contributed by atoms with Crippen LogP contribution in [0.25, 0.3) is 0 Å². The average molecular weight is 380 g/mol. The summed E-state index contributed by atoms with van der Waals surface area (Å²) in [4.78, 5) is 23.8. The van der Waals surface area contributed by atoms with Gasteiger partial charge in [-0.3, -0.25) is 9.59 Å². The van der Waals surface area contributed by atoms with Crippen molar-refractivity contribution in [3.05, 3.63) is 88.4 Å². The summed E-state index contributed by atoms with van der Waals surface area (Å²) in [5.74, 6) is 0. The molecule has 0 heterocycles. The summed E-state index contributed by atoms with van der Waals surface area (Å²) >= 11 is 3.45. The second kappa shape index (κ2) is 7.23. The lowest BCUT2D eigenvalue weighted by molar-refractivity contribution is 0.111. The van der Waals surface area contributed by atoms with Gasteiger partial charge in [0.15, 0.2) is 0 Å². The van der Waals surface area contributed by atoms with E-state index in [4.69, 9.17) is 0 Å². The van der Waals surface area contributed by atoms with Gasteiger partial charge < -0.3 is 4.90 Å². The summed E-state index contributed by atoms with van der Waals surface area (Å²) < 4.78 is 0.999. The van der Waals surface area contributed by atoms with E-state index in [1.807, 2.05) is 48.5 Å². The molecule has 0 saturated carbocycles. The fraction of sp³-hybridized carbons (Fsp3) is 0. The topological polar surface area (TPSA) is 37.4 Å². The molecule has 0 aliphatic carbocycles. The van der Waals surface area contributed by atoms with Gasteiger partial charge >= 0.3 is 0 Å². The first-order valence-corrected chi connectivity index (χ1v) is 8.17. The summed E-state index contributed by atoms with van der Waals surface area (Å²) in [5, 5.41) is 0. The molecule has 0 aliphatic heterocycles. The molecule has 0 spiro atoms. The molecule has 3 nitrogen and oxygen atoms in total. The van der Waals surface area contributed by atoms with E-state index in [0.29, 0.717) is 11.1 Å². The molecule has 24 heavy (non-hydrogen) atoms. The fourth-order valence-corrected chi connectivity index (χ4v) is 2.71. The minimum atomic E-state index is 0.630. The van der Waals surface area contributed by atoms with Gasteiger partial charge in [-0.1, -0.05) is 15.9 Å². The number of benzene rings is 3. The minimum Gasteiger partial charge on any atom is -0.311 e. The highest BCUT2D eigenvalue weighted by Gasteiger charge is 2.12. The summed E-state index contributed by atoms with van der Waals surface area (Å²) in [7, 11) is 0. The summed E-state index contributed by atoms with van der Waals surface area (Å²) in [6.45, 7) is 0. The highest BCUT2D eigenvalue weighted by Crippen LogP contribution is 2.35. The number of hydrogen-bond acceptors (Lipinski definition) is 3. The summed E-state index contributed by atoms with van der Waals surface area (Å²) in [6, 6.07) is 22.7. The Morgan fingerprint density at radius 2 is 0.917 bits per heavy atom. The zero-order valence-corrected chi connectivity index (χ0v) is 14.3. The standard InChI is InChI=1S/C20H14BrNO2/c21-17-5-11-20(12-6-17)22(18-7-1-15(13-23)2-8-18)19-9-3-16(14-24)4-10-19/h1-14H. The average Bonchev–Trinajstić information content (AvgIpc) is 2.64. The van der Waals surface area contributed by atoms with Gasteiger partial charge in [0.2, 0.25) is 0 Å². The molecule has 0 saturated heterocycles. The van der Waals surface area contributed by atoms with Crippen LogP contribution in [0, 0.1) is 0 Å². The number of nitrogens with zero attached hydrogens (tertiary/aromatic N) is 1. The van der Waals surface area contributed by atoms with Crippen molar-refractivity contribution in [3.8, 4) is 0 Å². The molecule has 0 unspecified atom stereocenters. The molecule has 4 heteroatoms. The number of halogens is 1. The van der Waals surface area contributed by atoms with Gasteiger partial charge in [-0.15, -0.1) is 0 Å². The molecule has 0 aromatic heterocycles. The largest absolute Gasteiger partial charge is 0.311 e. The second-order valence-corrected chi connectivity index (χ2v) is 6.15. The molecule has 3 rings (SSSR count). The van der Waals surface area contributed by atoms with Gasteiger partial charge in [-0.05, 0) is 72.8 Å². The van der Waals surface area contributed by atoms with Gasteiger partial charge in [0, 0.05) is 32.7 Å². The van der Waals surface area contributed by atoms with Crippen LogP contribution in [-0.2, 0) is 0 Å². The molecule has 118 valence electrons. The first-order valence-electron chi connectivity index (χ1n) is 7.37. The van der Waals surface area contributed by atoms with Gasteiger partial charge in [0.25, 0.3) is 0 Å². The number of carbonyl (C=O) groups is 2. The highest BCUT2D eigenvalue weighted by atomic mass is 79.9. The van der Waals surface area contributed by atoms with E-state index in [9.17, 15) is 9.59 Å². The highest BCUT2D eigenvalue weighted by molar-refractivity contribution is 9.10. The Morgan fingerprint density at radius 1 is 0.583 bits per heavy atom. The monoisotopic (exact) mass is 379 g/mol. The number of carbonyl (C=O) groups excluding carboxylic acids is 2. The van der Waals surface area contributed by atoms with Gasteiger partial charge in [-0.2, -0.15) is 0 Å². The smallest absolute Gasteiger partial charge is 0.150 e. The Kier molecular flexibility index (Phi) is 4.87. The molecular formula is C20H14BrNO2. The molecule has 0 bridgehead atoms. The van der Waals surface area contributed by atoms with Crippen molar-refractivity contribution >= 4 is 45.6 Å². The SMILES string of the molecule is O=Cc1ccc(N(c2ccc(Br)cc2)c2ccc(C=O)cc2)cc1. The first-order chi connectivity index (χ1) is 11.7. The zero-order chi connectivity index (χ0) is 16.9. The summed E-state index contributed by atoms with van der Waals surface area (Å²) in [5.41, 5.74) is 4.11. The number of aldehydes is 2. The third kappa shape index (κ3) is 3.44. The van der Waals surface area contributed by atoms with E-state index >= 15 is 0 Å². The van der Waals surface area contributed by atoms with Crippen molar-refractivity contribution in [1.82, 2.24) is 0 Å². The minimum absolute atomic E-state index is 0.630. The van der Waals surface area contributed by atoms with Crippen molar-refractivity contribution < 1.29 is 9.59 Å². The van der Waals surface area contributed by atoms with Crippen LogP contribution in [0.4, 0.5) is 17.1 Å². The molecule has 0 aliphatic rings. The van der Waals surface area contributed by atoms with Crippen LogP contribution < -0.4 is 4.90 Å². The number of hydrogen-bond donors (Lipinski definition) is 0. The van der Waals surface area contributed by atoms with Crippen LogP contribution in [0.5, 0.6) is 0 Å². The third-order valence-electron chi connectivity index (χ3n) is 3.66. The lowest BCUT2D eigenvalue weighted by atomic mass is 10.1. The van der Waals surface area contributed by atoms with Crippen LogP contribution in [0.15, 0.2) is 77.3 Å². The maximum Gasteiger partial charge on any atom is 0.150 e. The molecule has 0 radical (unpaired) electrons. The van der Waals surface area contributed by atoms with E-state index in [1.54, 1.807) is 24.3 Å². The van der Waals surface area contributed by atoms with E-state index in [1.165, 1.54) is 0 Å². The van der Waals surface area contributed by atoms with E-state index in [-0.39, 0.29) is 0 Å². The zero-order valence-electron chi connectivity index (χ0n) is 12.7. The first kappa shape index (κ1) is 16.1. The Bertz CT molecular complexity index is 789. The Labute approximate surface area is 148 Å². The predicted octanol–water partition coefficient (Wildman–Crippen LogP) is 5.54. The molecule has 0 N–H and O–H groups in total. The van der Waals surface area contributed by atoms with Crippen LogP contribution in [0.2, 0.25) is 0 Å². The molecule has 0 atom stereocenters. The normalized spacial score (nSPS) is 10.2. The van der Waals surface area contributed by atoms with Crippen molar-refractivity contribution in [1.29, 1.82) is 0 Å². The molecule has 0 fully saturated rings. The predicted molar refractivity (Wildman–Crippen MR) is 99.6 cm³/mol. The Hall–Kier alpha value is -2.72. The van der Waals surface area contributed by atoms with E-state index in [0.717, 1.165) is 34.1 Å². The van der Waals surface area contributed by atoms with Crippen molar-refractivity contribution in [2.75, 3.05) is 4.90 Å². The lowest BCUT2D eigenvalue weighted by Gasteiger charge is -2.25. The Balaban J connectivity index is 2.09. The molecule has 0 amide bonds.